The Morgan fingerprint density at radius 1 is 1.23 bits per heavy atom. The first-order valence-electron chi connectivity index (χ1n) is 9.12. The lowest BCUT2D eigenvalue weighted by Gasteiger charge is -2.26. The fourth-order valence-electron chi connectivity index (χ4n) is 3.30. The van der Waals surface area contributed by atoms with Crippen LogP contribution in [0, 0.1) is 5.82 Å². The van der Waals surface area contributed by atoms with E-state index in [9.17, 15) is 27.1 Å². The third-order valence-corrected chi connectivity index (χ3v) is 5.15. The van der Waals surface area contributed by atoms with E-state index >= 15 is 0 Å². The summed E-state index contributed by atoms with van der Waals surface area (Å²) in [4.78, 5) is 8.38. The predicted octanol–water partition coefficient (Wildman–Crippen LogP) is 3.03. The molecule has 6 nitrogen and oxygen atoms in total. The molecule has 4 rings (SSSR count). The Morgan fingerprint density at radius 3 is 2.67 bits per heavy atom. The van der Waals surface area contributed by atoms with Crippen LogP contribution in [0.2, 0.25) is 0 Å². The van der Waals surface area contributed by atoms with E-state index in [1.807, 2.05) is 0 Å². The summed E-state index contributed by atoms with van der Waals surface area (Å²) in [6.07, 6.45) is -3.64. The van der Waals surface area contributed by atoms with Crippen LogP contribution in [0.5, 0.6) is 0 Å². The van der Waals surface area contributed by atoms with Crippen molar-refractivity contribution in [2.45, 2.75) is 30.9 Å². The highest BCUT2D eigenvalue weighted by Crippen LogP contribution is 2.38. The number of nitrogens with one attached hydrogen (secondary N) is 2. The predicted molar refractivity (Wildman–Crippen MR) is 99.2 cm³/mol. The van der Waals surface area contributed by atoms with E-state index in [2.05, 4.69) is 20.6 Å². The summed E-state index contributed by atoms with van der Waals surface area (Å²) in [5.41, 5.74) is -2.90. The Labute approximate surface area is 167 Å². The summed E-state index contributed by atoms with van der Waals surface area (Å²) < 4.78 is 69.0. The van der Waals surface area contributed by atoms with E-state index in [1.54, 1.807) is 0 Å². The van der Waals surface area contributed by atoms with Gasteiger partial charge in [-0.1, -0.05) is 6.07 Å². The van der Waals surface area contributed by atoms with E-state index in [0.29, 0.717) is 13.5 Å². The number of alkyl halides is 4. The number of hydrogen-bond donors (Lipinski definition) is 3. The second kappa shape index (κ2) is 7.17. The Bertz CT molecular complexity index is 1080. The zero-order valence-corrected chi connectivity index (χ0v) is 15.7. The molecule has 11 heteroatoms. The minimum Gasteiger partial charge on any atom is -0.376 e. The van der Waals surface area contributed by atoms with Crippen LogP contribution in [-0.2, 0) is 5.60 Å². The van der Waals surface area contributed by atoms with Crippen LogP contribution in [0.15, 0.2) is 36.7 Å². The van der Waals surface area contributed by atoms with Gasteiger partial charge in [0.1, 0.15) is 23.5 Å². The van der Waals surface area contributed by atoms with Crippen molar-refractivity contribution in [2.75, 3.05) is 18.4 Å². The van der Waals surface area contributed by atoms with Crippen LogP contribution in [0.1, 0.15) is 12.5 Å². The van der Waals surface area contributed by atoms with Crippen molar-refractivity contribution in [3.63, 3.8) is 0 Å². The molecule has 0 saturated carbocycles. The van der Waals surface area contributed by atoms with E-state index in [0.717, 1.165) is 24.4 Å². The Hall–Kier alpha value is -2.79. The number of pyridine rings is 2. The van der Waals surface area contributed by atoms with Crippen LogP contribution in [0.4, 0.5) is 27.8 Å². The minimum atomic E-state index is -4.90. The summed E-state index contributed by atoms with van der Waals surface area (Å²) in [6, 6.07) is 4.07. The van der Waals surface area contributed by atoms with Gasteiger partial charge in [-0.15, -0.1) is 0 Å². The van der Waals surface area contributed by atoms with Crippen molar-refractivity contribution in [3.8, 4) is 11.4 Å². The summed E-state index contributed by atoms with van der Waals surface area (Å²) >= 11 is 0. The first-order chi connectivity index (χ1) is 14.1. The van der Waals surface area contributed by atoms with Crippen molar-refractivity contribution >= 4 is 11.5 Å². The average Bonchev–Trinajstić information content (AvgIpc) is 3.26. The first kappa shape index (κ1) is 20.5. The van der Waals surface area contributed by atoms with Crippen LogP contribution in [0.25, 0.3) is 17.0 Å². The first-order valence-corrected chi connectivity index (χ1v) is 9.12. The van der Waals surface area contributed by atoms with Gasteiger partial charge < -0.3 is 15.7 Å². The summed E-state index contributed by atoms with van der Waals surface area (Å²) in [5, 5.41) is 15.7. The molecule has 0 spiro atoms. The van der Waals surface area contributed by atoms with Crippen molar-refractivity contribution in [1.29, 1.82) is 0 Å². The van der Waals surface area contributed by atoms with Gasteiger partial charge >= 0.3 is 6.18 Å². The van der Waals surface area contributed by atoms with Gasteiger partial charge in [-0.05, 0) is 13.0 Å². The van der Waals surface area contributed by atoms with E-state index in [1.165, 1.54) is 16.7 Å². The van der Waals surface area contributed by atoms with Gasteiger partial charge in [0.25, 0.3) is 0 Å². The molecule has 0 unspecified atom stereocenters. The molecular formula is C19H18F5N5O. The molecule has 30 heavy (non-hydrogen) atoms. The second-order valence-corrected chi connectivity index (χ2v) is 7.34. The number of hydrogen-bond acceptors (Lipinski definition) is 5. The second-order valence-electron chi connectivity index (χ2n) is 7.34. The molecule has 0 aliphatic carbocycles. The fraction of sp³-hybridized carbons (Fsp3) is 0.368. The van der Waals surface area contributed by atoms with Crippen LogP contribution in [0.3, 0.4) is 0 Å². The Balaban J connectivity index is 1.75. The third kappa shape index (κ3) is 3.58. The van der Waals surface area contributed by atoms with E-state index in [-0.39, 0.29) is 29.4 Å². The molecule has 0 radical (unpaired) electrons. The molecule has 3 N–H and O–H groups in total. The van der Waals surface area contributed by atoms with Crippen molar-refractivity contribution in [3.05, 3.63) is 48.0 Å². The van der Waals surface area contributed by atoms with Crippen LogP contribution in [-0.4, -0.2) is 51.0 Å². The molecule has 3 aromatic rings. The Morgan fingerprint density at radius 2 is 2.00 bits per heavy atom. The van der Waals surface area contributed by atoms with Crippen molar-refractivity contribution < 1.29 is 27.1 Å². The summed E-state index contributed by atoms with van der Waals surface area (Å²) in [5.74, 6) is -0.563. The molecule has 0 aromatic carbocycles. The lowest BCUT2D eigenvalue weighted by atomic mass is 9.97. The normalized spacial score (nSPS) is 21.7. The number of imidazole rings is 1. The number of rotatable bonds is 4. The molecule has 3 aromatic heterocycles. The molecule has 3 atom stereocenters. The summed E-state index contributed by atoms with van der Waals surface area (Å²) in [7, 11) is 0. The van der Waals surface area contributed by atoms with Gasteiger partial charge in [0.2, 0.25) is 0 Å². The molecule has 1 fully saturated rings. The topological polar surface area (TPSA) is 74.5 Å². The molecule has 1 saturated heterocycles. The highest BCUT2D eigenvalue weighted by molar-refractivity contribution is 5.62. The highest BCUT2D eigenvalue weighted by atomic mass is 19.4. The van der Waals surface area contributed by atoms with Gasteiger partial charge in [-0.25, -0.2) is 18.7 Å². The average molecular weight is 427 g/mol. The van der Waals surface area contributed by atoms with Gasteiger partial charge in [-0.3, -0.25) is 4.40 Å². The maximum atomic E-state index is 14.2. The summed E-state index contributed by atoms with van der Waals surface area (Å²) in [6.45, 7) is 1.17. The Kier molecular flexibility index (Phi) is 4.89. The van der Waals surface area contributed by atoms with Crippen LogP contribution >= 0.6 is 0 Å². The van der Waals surface area contributed by atoms with Gasteiger partial charge in [0, 0.05) is 37.0 Å². The molecular weight excluding hydrogens is 409 g/mol. The number of halogens is 5. The standard InChI is InChI=1S/C19H18F5N5O/c1-18(30,19(22,23)24)10-2-3-17-26-8-15(29(17)9-10)13-4-11(20)5-16(27-13)28-14-7-25-6-12(14)21/h2-5,8-9,12,14,25,30H,6-7H2,1H3,(H,27,28)/t12-,14-,18-/m0/s1. The number of nitrogens with zero attached hydrogens (tertiary/aromatic N) is 3. The van der Waals surface area contributed by atoms with Gasteiger partial charge in [0.15, 0.2) is 5.60 Å². The van der Waals surface area contributed by atoms with Crippen molar-refractivity contribution in [1.82, 2.24) is 19.7 Å². The maximum Gasteiger partial charge on any atom is 0.421 e. The minimum absolute atomic E-state index is 0.0924. The van der Waals surface area contributed by atoms with Gasteiger partial charge in [-0.2, -0.15) is 13.2 Å². The molecule has 0 bridgehead atoms. The monoisotopic (exact) mass is 427 g/mol. The highest BCUT2D eigenvalue weighted by Gasteiger charge is 2.51. The van der Waals surface area contributed by atoms with E-state index < -0.39 is 35.4 Å². The number of fused-ring (bicyclic) bond motifs is 1. The molecule has 1 aliphatic rings. The zero-order chi connectivity index (χ0) is 21.7. The SMILES string of the molecule is C[C@](O)(c1ccc2ncc(-c3cc(F)cc(N[C@H]4CNC[C@@H]4F)n3)n2c1)C(F)(F)F. The number of anilines is 1. The zero-order valence-electron chi connectivity index (χ0n) is 15.7. The lowest BCUT2D eigenvalue weighted by molar-refractivity contribution is -0.259. The quantitative estimate of drug-likeness (QED) is 0.559. The molecule has 1 aliphatic heterocycles. The molecule has 0 amide bonds. The maximum absolute atomic E-state index is 14.2. The molecule has 4 heterocycles. The fourth-order valence-corrected chi connectivity index (χ4v) is 3.30. The van der Waals surface area contributed by atoms with Crippen LogP contribution < -0.4 is 10.6 Å². The number of aliphatic hydroxyl groups is 1. The third-order valence-electron chi connectivity index (χ3n) is 5.15. The smallest absolute Gasteiger partial charge is 0.376 e. The van der Waals surface area contributed by atoms with Gasteiger partial charge in [0.05, 0.1) is 23.6 Å². The van der Waals surface area contributed by atoms with E-state index in [4.69, 9.17) is 0 Å². The molecule has 160 valence electrons. The number of aromatic nitrogens is 3. The lowest BCUT2D eigenvalue weighted by Crippen LogP contribution is -2.39. The van der Waals surface area contributed by atoms with Crippen molar-refractivity contribution in [2.24, 2.45) is 0 Å². The largest absolute Gasteiger partial charge is 0.421 e.